The van der Waals surface area contributed by atoms with Crippen molar-refractivity contribution in [2.24, 2.45) is 5.10 Å². The molecule has 0 amide bonds. The molecule has 9 heteroatoms. The Morgan fingerprint density at radius 3 is 2.51 bits per heavy atom. The molecule has 0 aliphatic rings. The van der Waals surface area contributed by atoms with Crippen molar-refractivity contribution in [1.82, 2.24) is 9.66 Å². The molecular weight excluding hydrogens is 470 g/mol. The van der Waals surface area contributed by atoms with Crippen molar-refractivity contribution in [3.05, 3.63) is 87.7 Å². The highest BCUT2D eigenvalue weighted by Crippen LogP contribution is 2.35. The fraction of sp³-hybridized carbons (Fsp3) is 0.154. The number of halogens is 1. The molecule has 0 N–H and O–H groups in total. The van der Waals surface area contributed by atoms with Crippen LogP contribution in [-0.2, 0) is 9.53 Å². The number of ether oxygens (including phenoxy) is 3. The summed E-state index contributed by atoms with van der Waals surface area (Å²) in [6.45, 7) is 1.55. The number of aromatic nitrogens is 2. The predicted molar refractivity (Wildman–Crippen MR) is 135 cm³/mol. The third-order valence-corrected chi connectivity index (χ3v) is 5.41. The summed E-state index contributed by atoms with van der Waals surface area (Å²) in [5.41, 5.74) is 1.32. The second-order valence-corrected chi connectivity index (χ2v) is 7.93. The number of carbonyl (C=O) groups is 1. The Labute approximate surface area is 206 Å². The molecule has 0 spiro atoms. The summed E-state index contributed by atoms with van der Waals surface area (Å²) in [7, 11) is 2.72. The molecule has 8 nitrogen and oxygen atoms in total. The van der Waals surface area contributed by atoms with Gasteiger partial charge in [0.2, 0.25) is 0 Å². The van der Waals surface area contributed by atoms with Crippen molar-refractivity contribution >= 4 is 34.7 Å². The average molecular weight is 492 g/mol. The maximum absolute atomic E-state index is 13.4. The highest BCUT2D eigenvalue weighted by molar-refractivity contribution is 6.31. The van der Waals surface area contributed by atoms with Crippen molar-refractivity contribution in [3.8, 4) is 22.9 Å². The van der Waals surface area contributed by atoms with Crippen LogP contribution in [0.1, 0.15) is 12.5 Å². The third kappa shape index (κ3) is 5.02. The summed E-state index contributed by atoms with van der Waals surface area (Å²) in [6, 6.07) is 19.5. The van der Waals surface area contributed by atoms with E-state index in [-0.39, 0.29) is 11.3 Å². The highest BCUT2D eigenvalue weighted by Gasteiger charge is 2.21. The largest absolute Gasteiger partial charge is 0.493 e. The van der Waals surface area contributed by atoms with E-state index < -0.39 is 12.1 Å². The Kier molecular flexibility index (Phi) is 7.12. The van der Waals surface area contributed by atoms with Gasteiger partial charge < -0.3 is 14.2 Å². The van der Waals surface area contributed by atoms with Gasteiger partial charge in [-0.05, 0) is 25.1 Å². The number of para-hydroxylation sites is 1. The molecule has 1 atom stereocenters. The highest BCUT2D eigenvalue weighted by atomic mass is 35.5. The van der Waals surface area contributed by atoms with E-state index in [1.54, 1.807) is 37.3 Å². The van der Waals surface area contributed by atoms with Gasteiger partial charge in [-0.2, -0.15) is 9.78 Å². The van der Waals surface area contributed by atoms with E-state index in [2.05, 4.69) is 10.1 Å². The fourth-order valence-corrected chi connectivity index (χ4v) is 3.69. The van der Waals surface area contributed by atoms with E-state index in [0.29, 0.717) is 38.6 Å². The number of carbonyl (C=O) groups excluding carboxylic acids is 1. The van der Waals surface area contributed by atoms with Gasteiger partial charge >= 0.3 is 5.97 Å². The molecule has 1 heterocycles. The summed E-state index contributed by atoms with van der Waals surface area (Å²) >= 11 is 6.28. The van der Waals surface area contributed by atoms with Crippen molar-refractivity contribution in [2.75, 3.05) is 14.2 Å². The molecule has 0 saturated heterocycles. The first-order valence-corrected chi connectivity index (χ1v) is 11.0. The molecule has 178 valence electrons. The lowest BCUT2D eigenvalue weighted by atomic mass is 10.2. The van der Waals surface area contributed by atoms with E-state index in [1.807, 2.05) is 36.4 Å². The third-order valence-electron chi connectivity index (χ3n) is 5.19. The molecule has 4 aromatic rings. The Hall–Kier alpha value is -4.17. The Morgan fingerprint density at radius 2 is 1.80 bits per heavy atom. The zero-order valence-electron chi connectivity index (χ0n) is 19.3. The predicted octanol–water partition coefficient (Wildman–Crippen LogP) is 4.55. The lowest BCUT2D eigenvalue weighted by Crippen LogP contribution is -2.25. The number of hydrogen-bond donors (Lipinski definition) is 0. The minimum absolute atomic E-state index is 0.224. The zero-order valence-corrected chi connectivity index (χ0v) is 20.0. The molecule has 1 aromatic heterocycles. The lowest BCUT2D eigenvalue weighted by molar-refractivity contribution is -0.147. The molecule has 3 aromatic carbocycles. The standard InChI is InChI=1S/C26H22ClN3O5/c1-16(26(32)34-3)35-23-18(13-19(27)14-22(23)33-2)15-28-30-24(17-9-5-4-6-10-17)29-21-12-8-7-11-20(21)25(30)31/h4-16H,1-3H3/t16-/m0/s1. The monoisotopic (exact) mass is 491 g/mol. The van der Waals surface area contributed by atoms with Gasteiger partial charge in [-0.25, -0.2) is 9.78 Å². The van der Waals surface area contributed by atoms with E-state index in [1.165, 1.54) is 25.1 Å². The van der Waals surface area contributed by atoms with Gasteiger partial charge in [-0.1, -0.05) is 54.1 Å². The Morgan fingerprint density at radius 1 is 1.09 bits per heavy atom. The van der Waals surface area contributed by atoms with Crippen LogP contribution < -0.4 is 15.0 Å². The lowest BCUT2D eigenvalue weighted by Gasteiger charge is -2.17. The molecule has 4 rings (SSSR count). The van der Waals surface area contributed by atoms with Gasteiger partial charge in [-0.3, -0.25) is 4.79 Å². The number of rotatable bonds is 7. The van der Waals surface area contributed by atoms with Crippen molar-refractivity contribution in [1.29, 1.82) is 0 Å². The van der Waals surface area contributed by atoms with Crippen LogP contribution in [0.2, 0.25) is 5.02 Å². The van der Waals surface area contributed by atoms with Crippen LogP contribution >= 0.6 is 11.6 Å². The summed E-state index contributed by atoms with van der Waals surface area (Å²) in [5.74, 6) is 0.319. The van der Waals surface area contributed by atoms with Gasteiger partial charge in [0, 0.05) is 22.2 Å². The number of methoxy groups -OCH3 is 2. The van der Waals surface area contributed by atoms with Gasteiger partial charge in [0.1, 0.15) is 0 Å². The van der Waals surface area contributed by atoms with Crippen LogP contribution in [0, 0.1) is 0 Å². The minimum atomic E-state index is -0.924. The molecular formula is C26H22ClN3O5. The zero-order chi connectivity index (χ0) is 24.9. The first-order chi connectivity index (χ1) is 16.9. The number of esters is 1. The van der Waals surface area contributed by atoms with Crippen LogP contribution in [0.5, 0.6) is 11.5 Å². The van der Waals surface area contributed by atoms with E-state index in [0.717, 1.165) is 0 Å². The SMILES string of the molecule is COC(=O)[C@H](C)Oc1c(C=Nn2c(-c3ccccc3)nc3ccccc3c2=O)cc(Cl)cc1OC. The Balaban J connectivity index is 1.89. The quantitative estimate of drug-likeness (QED) is 0.278. The van der Waals surface area contributed by atoms with Crippen LogP contribution in [0.15, 0.2) is 76.6 Å². The van der Waals surface area contributed by atoms with Crippen LogP contribution in [0.4, 0.5) is 0 Å². The first-order valence-electron chi connectivity index (χ1n) is 10.7. The van der Waals surface area contributed by atoms with Crippen molar-refractivity contribution < 1.29 is 19.0 Å². The first kappa shape index (κ1) is 24.0. The number of nitrogens with zero attached hydrogens (tertiary/aromatic N) is 3. The topological polar surface area (TPSA) is 92.0 Å². The second-order valence-electron chi connectivity index (χ2n) is 7.49. The fourth-order valence-electron chi connectivity index (χ4n) is 3.48. The van der Waals surface area contributed by atoms with Crippen molar-refractivity contribution in [2.45, 2.75) is 13.0 Å². The summed E-state index contributed by atoms with van der Waals surface area (Å²) in [5, 5.41) is 5.23. The number of hydrogen-bond acceptors (Lipinski definition) is 7. The second kappa shape index (κ2) is 10.4. The molecule has 35 heavy (non-hydrogen) atoms. The molecule has 0 unspecified atom stereocenters. The molecule has 0 bridgehead atoms. The normalized spacial score (nSPS) is 12.0. The summed E-state index contributed by atoms with van der Waals surface area (Å²) < 4.78 is 17.2. The summed E-state index contributed by atoms with van der Waals surface area (Å²) in [6.07, 6.45) is 0.491. The molecule has 0 saturated carbocycles. The van der Waals surface area contributed by atoms with Gasteiger partial charge in [0.25, 0.3) is 5.56 Å². The number of benzene rings is 3. The minimum Gasteiger partial charge on any atom is -0.493 e. The van der Waals surface area contributed by atoms with Crippen LogP contribution in [0.3, 0.4) is 0 Å². The molecule has 0 fully saturated rings. The molecule has 0 radical (unpaired) electrons. The van der Waals surface area contributed by atoms with E-state index in [4.69, 9.17) is 25.8 Å². The van der Waals surface area contributed by atoms with E-state index in [9.17, 15) is 9.59 Å². The molecule has 0 aliphatic heterocycles. The maximum atomic E-state index is 13.4. The molecule has 0 aliphatic carbocycles. The Bertz CT molecular complexity index is 1470. The van der Waals surface area contributed by atoms with Gasteiger partial charge in [-0.15, -0.1) is 0 Å². The maximum Gasteiger partial charge on any atom is 0.346 e. The van der Waals surface area contributed by atoms with E-state index >= 15 is 0 Å². The number of fused-ring (bicyclic) bond motifs is 1. The van der Waals surface area contributed by atoms with Crippen molar-refractivity contribution in [3.63, 3.8) is 0 Å². The average Bonchev–Trinajstić information content (AvgIpc) is 2.89. The van der Waals surface area contributed by atoms with Gasteiger partial charge in [0.05, 0.1) is 31.3 Å². The van der Waals surface area contributed by atoms with Crippen LogP contribution in [-0.4, -0.2) is 42.2 Å². The van der Waals surface area contributed by atoms with Crippen LogP contribution in [0.25, 0.3) is 22.3 Å². The smallest absolute Gasteiger partial charge is 0.346 e. The summed E-state index contributed by atoms with van der Waals surface area (Å²) in [4.78, 5) is 30.0. The van der Waals surface area contributed by atoms with Gasteiger partial charge in [0.15, 0.2) is 23.4 Å².